The molecule has 23 heavy (non-hydrogen) atoms. The summed E-state index contributed by atoms with van der Waals surface area (Å²) in [6, 6.07) is 22.4. The standard InChI is InChI=1S/C18H13Br3N2/c19-12-1-5-14(6-2-12)23(15-7-3-13(20)4-8-15)16-9-10-18(22)17(21)11-16/h1-11H,22H2. The summed E-state index contributed by atoms with van der Waals surface area (Å²) in [5, 5.41) is 0. The summed E-state index contributed by atoms with van der Waals surface area (Å²) in [6.45, 7) is 0. The third kappa shape index (κ3) is 3.79. The Morgan fingerprint density at radius 2 is 1.04 bits per heavy atom. The van der Waals surface area contributed by atoms with Crippen LogP contribution in [0.5, 0.6) is 0 Å². The van der Waals surface area contributed by atoms with Gasteiger partial charge in [0, 0.05) is 36.2 Å². The summed E-state index contributed by atoms with van der Waals surface area (Å²) in [6.07, 6.45) is 0. The van der Waals surface area contributed by atoms with Crippen molar-refractivity contribution in [3.8, 4) is 0 Å². The Bertz CT molecular complexity index is 769. The van der Waals surface area contributed by atoms with Crippen molar-refractivity contribution in [3.63, 3.8) is 0 Å². The van der Waals surface area contributed by atoms with E-state index in [9.17, 15) is 0 Å². The molecule has 0 amide bonds. The van der Waals surface area contributed by atoms with E-state index >= 15 is 0 Å². The minimum atomic E-state index is 0.723. The summed E-state index contributed by atoms with van der Waals surface area (Å²) in [5.41, 5.74) is 9.84. The molecule has 0 aliphatic rings. The molecule has 2 N–H and O–H groups in total. The zero-order chi connectivity index (χ0) is 16.4. The minimum Gasteiger partial charge on any atom is -0.398 e. The van der Waals surface area contributed by atoms with E-state index < -0.39 is 0 Å². The van der Waals surface area contributed by atoms with Crippen LogP contribution in [0.4, 0.5) is 22.7 Å². The molecule has 0 aliphatic carbocycles. The van der Waals surface area contributed by atoms with Gasteiger partial charge in [0.15, 0.2) is 0 Å². The average Bonchev–Trinajstić information content (AvgIpc) is 2.55. The van der Waals surface area contributed by atoms with E-state index in [0.717, 1.165) is 36.2 Å². The highest BCUT2D eigenvalue weighted by atomic mass is 79.9. The predicted molar refractivity (Wildman–Crippen MR) is 109 cm³/mol. The van der Waals surface area contributed by atoms with Crippen LogP contribution in [0.2, 0.25) is 0 Å². The number of benzene rings is 3. The summed E-state index contributed by atoms with van der Waals surface area (Å²) in [4.78, 5) is 2.18. The molecule has 0 saturated carbocycles. The molecule has 0 aromatic heterocycles. The molecule has 116 valence electrons. The molecule has 0 atom stereocenters. The van der Waals surface area contributed by atoms with Crippen LogP contribution >= 0.6 is 47.8 Å². The van der Waals surface area contributed by atoms with Crippen molar-refractivity contribution in [1.29, 1.82) is 0 Å². The molecule has 0 saturated heterocycles. The number of nitrogens with zero attached hydrogens (tertiary/aromatic N) is 1. The predicted octanol–water partition coefficient (Wildman–Crippen LogP) is 7.03. The van der Waals surface area contributed by atoms with Crippen LogP contribution in [-0.4, -0.2) is 0 Å². The lowest BCUT2D eigenvalue weighted by molar-refractivity contribution is 1.28. The number of halogens is 3. The first-order valence-corrected chi connectivity index (χ1v) is 9.29. The lowest BCUT2D eigenvalue weighted by Crippen LogP contribution is -2.10. The van der Waals surface area contributed by atoms with Crippen molar-refractivity contribution in [1.82, 2.24) is 0 Å². The Morgan fingerprint density at radius 1 is 0.609 bits per heavy atom. The Labute approximate surface area is 160 Å². The van der Waals surface area contributed by atoms with Crippen molar-refractivity contribution in [2.24, 2.45) is 0 Å². The van der Waals surface area contributed by atoms with Gasteiger partial charge in [-0.2, -0.15) is 0 Å². The van der Waals surface area contributed by atoms with Crippen molar-refractivity contribution < 1.29 is 0 Å². The Morgan fingerprint density at radius 3 is 1.48 bits per heavy atom. The van der Waals surface area contributed by atoms with E-state index in [4.69, 9.17) is 5.73 Å². The molecular formula is C18H13Br3N2. The monoisotopic (exact) mass is 494 g/mol. The van der Waals surface area contributed by atoms with E-state index in [-0.39, 0.29) is 0 Å². The van der Waals surface area contributed by atoms with E-state index in [0.29, 0.717) is 0 Å². The van der Waals surface area contributed by atoms with Gasteiger partial charge in [-0.3, -0.25) is 0 Å². The highest BCUT2D eigenvalue weighted by Gasteiger charge is 2.13. The van der Waals surface area contributed by atoms with Gasteiger partial charge in [-0.1, -0.05) is 31.9 Å². The fourth-order valence-corrected chi connectivity index (χ4v) is 3.18. The first-order valence-electron chi connectivity index (χ1n) is 6.91. The lowest BCUT2D eigenvalue weighted by Gasteiger charge is -2.26. The summed E-state index contributed by atoms with van der Waals surface area (Å²) < 4.78 is 2.99. The number of hydrogen-bond donors (Lipinski definition) is 1. The van der Waals surface area contributed by atoms with Gasteiger partial charge in [0.05, 0.1) is 0 Å². The molecule has 3 aromatic carbocycles. The largest absolute Gasteiger partial charge is 0.398 e. The van der Waals surface area contributed by atoms with E-state index in [1.54, 1.807) is 0 Å². The van der Waals surface area contributed by atoms with Gasteiger partial charge in [0.1, 0.15) is 0 Å². The van der Waals surface area contributed by atoms with Gasteiger partial charge in [-0.25, -0.2) is 0 Å². The Balaban J connectivity index is 2.14. The van der Waals surface area contributed by atoms with Gasteiger partial charge < -0.3 is 10.6 Å². The van der Waals surface area contributed by atoms with E-state index in [1.807, 2.05) is 42.5 Å². The SMILES string of the molecule is Nc1ccc(N(c2ccc(Br)cc2)c2ccc(Br)cc2)cc1Br. The summed E-state index contributed by atoms with van der Waals surface area (Å²) >= 11 is 10.5. The third-order valence-corrected chi connectivity index (χ3v) is 5.16. The molecule has 0 fully saturated rings. The van der Waals surface area contributed by atoms with Crippen LogP contribution < -0.4 is 10.6 Å². The topological polar surface area (TPSA) is 29.3 Å². The summed E-state index contributed by atoms with van der Waals surface area (Å²) in [5.74, 6) is 0. The molecule has 2 nitrogen and oxygen atoms in total. The number of rotatable bonds is 3. The lowest BCUT2D eigenvalue weighted by atomic mass is 10.2. The van der Waals surface area contributed by atoms with Crippen LogP contribution in [0.25, 0.3) is 0 Å². The molecule has 3 rings (SSSR count). The number of nitrogens with two attached hydrogens (primary N) is 1. The maximum Gasteiger partial charge on any atom is 0.0474 e. The second-order valence-corrected chi connectivity index (χ2v) is 7.68. The fourth-order valence-electron chi connectivity index (χ4n) is 2.28. The molecule has 0 bridgehead atoms. The smallest absolute Gasteiger partial charge is 0.0474 e. The molecule has 0 spiro atoms. The van der Waals surface area contributed by atoms with Crippen molar-refractivity contribution in [2.75, 3.05) is 10.6 Å². The van der Waals surface area contributed by atoms with Crippen LogP contribution in [0.1, 0.15) is 0 Å². The van der Waals surface area contributed by atoms with Crippen LogP contribution in [0, 0.1) is 0 Å². The average molecular weight is 497 g/mol. The van der Waals surface area contributed by atoms with Crippen LogP contribution in [0.3, 0.4) is 0 Å². The van der Waals surface area contributed by atoms with Gasteiger partial charge in [-0.05, 0) is 82.7 Å². The van der Waals surface area contributed by atoms with Crippen molar-refractivity contribution >= 4 is 70.5 Å². The number of anilines is 4. The molecular weight excluding hydrogens is 484 g/mol. The van der Waals surface area contributed by atoms with Crippen molar-refractivity contribution in [3.05, 3.63) is 80.1 Å². The highest BCUT2D eigenvalue weighted by Crippen LogP contribution is 2.37. The van der Waals surface area contributed by atoms with Gasteiger partial charge in [0.25, 0.3) is 0 Å². The van der Waals surface area contributed by atoms with E-state index in [2.05, 4.69) is 77.0 Å². The van der Waals surface area contributed by atoms with Gasteiger partial charge >= 0.3 is 0 Å². The highest BCUT2D eigenvalue weighted by molar-refractivity contribution is 9.11. The van der Waals surface area contributed by atoms with E-state index in [1.165, 1.54) is 0 Å². The van der Waals surface area contributed by atoms with Crippen molar-refractivity contribution in [2.45, 2.75) is 0 Å². The Hall–Kier alpha value is -1.30. The van der Waals surface area contributed by atoms with Gasteiger partial charge in [0.2, 0.25) is 0 Å². The quantitative estimate of drug-likeness (QED) is 0.394. The molecule has 5 heteroatoms. The normalized spacial score (nSPS) is 10.6. The second kappa shape index (κ2) is 7.07. The first-order chi connectivity index (χ1) is 11.0. The molecule has 3 aromatic rings. The molecule has 0 aliphatic heterocycles. The number of nitrogen functional groups attached to an aromatic ring is 1. The second-order valence-electron chi connectivity index (χ2n) is 4.99. The first kappa shape index (κ1) is 16.6. The zero-order valence-corrected chi connectivity index (χ0v) is 16.8. The number of hydrogen-bond acceptors (Lipinski definition) is 2. The molecule has 0 unspecified atom stereocenters. The van der Waals surface area contributed by atoms with Gasteiger partial charge in [-0.15, -0.1) is 0 Å². The zero-order valence-electron chi connectivity index (χ0n) is 12.0. The van der Waals surface area contributed by atoms with Crippen LogP contribution in [-0.2, 0) is 0 Å². The van der Waals surface area contributed by atoms with Crippen LogP contribution in [0.15, 0.2) is 80.1 Å². The maximum absolute atomic E-state index is 5.93. The minimum absolute atomic E-state index is 0.723. The summed E-state index contributed by atoms with van der Waals surface area (Å²) in [7, 11) is 0. The molecule has 0 heterocycles. The fraction of sp³-hybridized carbons (Fsp3) is 0. The third-order valence-electron chi connectivity index (χ3n) is 3.41. The Kier molecular flexibility index (Phi) is 5.09. The maximum atomic E-state index is 5.93. The molecule has 0 radical (unpaired) electrons.